The number of carbonyl (C=O) groups excluding carboxylic acids is 4. The van der Waals surface area contributed by atoms with Crippen LogP contribution in [0.2, 0.25) is 0 Å². The van der Waals surface area contributed by atoms with Gasteiger partial charge in [-0.3, -0.25) is 24.1 Å². The van der Waals surface area contributed by atoms with Crippen LogP contribution in [-0.4, -0.2) is 47.5 Å². The van der Waals surface area contributed by atoms with Gasteiger partial charge in [-0.25, -0.2) is 0 Å². The average Bonchev–Trinajstić information content (AvgIpc) is 3.01. The van der Waals surface area contributed by atoms with Gasteiger partial charge in [0.05, 0.1) is 11.4 Å². The first-order valence-electron chi connectivity index (χ1n) is 9.77. The van der Waals surface area contributed by atoms with Crippen molar-refractivity contribution >= 4 is 40.8 Å². The average molecular weight is 438 g/mol. The Labute approximate surface area is 184 Å². The van der Waals surface area contributed by atoms with Crippen LogP contribution in [0, 0.1) is 13.8 Å². The first-order chi connectivity index (χ1) is 14.8. The number of benzene rings is 2. The highest BCUT2D eigenvalue weighted by atomic mass is 32.2. The monoisotopic (exact) mass is 437 g/mol. The highest BCUT2D eigenvalue weighted by Gasteiger charge is 2.34. The maximum Gasteiger partial charge on any atom is 0.293 e. The van der Waals surface area contributed by atoms with E-state index in [1.165, 1.54) is 0 Å². The lowest BCUT2D eigenvalue weighted by Gasteiger charge is -2.13. The zero-order valence-corrected chi connectivity index (χ0v) is 18.1. The molecule has 7 nitrogen and oxygen atoms in total. The van der Waals surface area contributed by atoms with Crippen LogP contribution in [0.25, 0.3) is 6.08 Å². The third-order valence-corrected chi connectivity index (χ3v) is 5.61. The van der Waals surface area contributed by atoms with E-state index in [9.17, 15) is 19.2 Å². The van der Waals surface area contributed by atoms with Gasteiger partial charge in [0.15, 0.2) is 0 Å². The minimum atomic E-state index is -0.399. The van der Waals surface area contributed by atoms with Gasteiger partial charge in [0.2, 0.25) is 5.91 Å². The maximum atomic E-state index is 12.5. The fourth-order valence-electron chi connectivity index (χ4n) is 2.96. The van der Waals surface area contributed by atoms with Gasteiger partial charge in [-0.1, -0.05) is 48.0 Å². The van der Waals surface area contributed by atoms with Gasteiger partial charge in [-0.05, 0) is 48.9 Å². The fourth-order valence-corrected chi connectivity index (χ4v) is 3.82. The number of nitrogens with zero attached hydrogens (tertiary/aromatic N) is 1. The quantitative estimate of drug-likeness (QED) is 0.650. The van der Waals surface area contributed by atoms with Crippen molar-refractivity contribution in [2.75, 3.05) is 19.6 Å². The molecule has 0 atom stereocenters. The van der Waals surface area contributed by atoms with Crippen molar-refractivity contribution in [2.24, 2.45) is 0 Å². The Balaban J connectivity index is 1.46. The molecule has 0 aliphatic carbocycles. The molecule has 0 aromatic heterocycles. The van der Waals surface area contributed by atoms with Crippen molar-refractivity contribution in [1.29, 1.82) is 0 Å². The molecule has 0 radical (unpaired) electrons. The Morgan fingerprint density at radius 2 is 1.71 bits per heavy atom. The van der Waals surface area contributed by atoms with Crippen molar-refractivity contribution in [2.45, 2.75) is 13.8 Å². The Hall–Kier alpha value is -3.39. The molecule has 1 aliphatic rings. The molecule has 4 amide bonds. The first-order valence-corrected chi connectivity index (χ1v) is 10.6. The van der Waals surface area contributed by atoms with E-state index in [1.54, 1.807) is 18.2 Å². The molecule has 8 heteroatoms. The summed E-state index contributed by atoms with van der Waals surface area (Å²) in [5.74, 6) is -1.11. The SMILES string of the molecule is Cc1ccc(C=C2SC(=O)N(CCNC(=O)CNC(=O)c3ccccc3C)C2=O)cc1. The fraction of sp³-hybridized carbons (Fsp3) is 0.217. The molecule has 2 N–H and O–H groups in total. The molecule has 1 heterocycles. The van der Waals surface area contributed by atoms with Crippen molar-refractivity contribution in [1.82, 2.24) is 15.5 Å². The van der Waals surface area contributed by atoms with E-state index in [0.29, 0.717) is 10.5 Å². The zero-order valence-electron chi connectivity index (χ0n) is 17.3. The first kappa shape index (κ1) is 22.3. The van der Waals surface area contributed by atoms with Crippen LogP contribution in [0.4, 0.5) is 4.79 Å². The molecule has 2 aromatic carbocycles. The Kier molecular flexibility index (Phi) is 7.25. The number of aryl methyl sites for hydroxylation is 2. The molecule has 0 spiro atoms. The van der Waals surface area contributed by atoms with E-state index in [0.717, 1.165) is 33.4 Å². The highest BCUT2D eigenvalue weighted by Crippen LogP contribution is 2.31. The summed E-state index contributed by atoms with van der Waals surface area (Å²) in [5, 5.41) is 4.81. The van der Waals surface area contributed by atoms with E-state index in [-0.39, 0.29) is 36.7 Å². The number of hydrogen-bond donors (Lipinski definition) is 2. The van der Waals surface area contributed by atoms with E-state index in [1.807, 2.05) is 50.2 Å². The summed E-state index contributed by atoms with van der Waals surface area (Å²) in [6, 6.07) is 14.7. The van der Waals surface area contributed by atoms with Crippen LogP contribution < -0.4 is 10.6 Å². The lowest BCUT2D eigenvalue weighted by Crippen LogP contribution is -2.41. The molecule has 0 saturated carbocycles. The van der Waals surface area contributed by atoms with E-state index in [2.05, 4.69) is 10.6 Å². The Bertz CT molecular complexity index is 1050. The van der Waals surface area contributed by atoms with Crippen LogP contribution >= 0.6 is 11.8 Å². The van der Waals surface area contributed by atoms with Crippen LogP contribution in [-0.2, 0) is 9.59 Å². The summed E-state index contributed by atoms with van der Waals surface area (Å²) in [6.07, 6.45) is 1.68. The van der Waals surface area contributed by atoms with Crippen LogP contribution in [0.5, 0.6) is 0 Å². The third kappa shape index (κ3) is 5.82. The van der Waals surface area contributed by atoms with Gasteiger partial charge >= 0.3 is 0 Å². The van der Waals surface area contributed by atoms with Gasteiger partial charge in [0.25, 0.3) is 17.1 Å². The minimum Gasteiger partial charge on any atom is -0.353 e. The van der Waals surface area contributed by atoms with Gasteiger partial charge in [0.1, 0.15) is 0 Å². The molecule has 3 rings (SSSR count). The number of carbonyl (C=O) groups is 4. The largest absolute Gasteiger partial charge is 0.353 e. The normalized spacial score (nSPS) is 14.8. The second-order valence-corrected chi connectivity index (χ2v) is 8.08. The second kappa shape index (κ2) is 10.1. The number of imide groups is 1. The molecule has 1 saturated heterocycles. The van der Waals surface area contributed by atoms with Crippen molar-refractivity contribution in [3.8, 4) is 0 Å². The lowest BCUT2D eigenvalue weighted by atomic mass is 10.1. The molecular formula is C23H23N3O4S. The summed E-state index contributed by atoms with van der Waals surface area (Å²) in [7, 11) is 0. The number of rotatable bonds is 7. The Morgan fingerprint density at radius 3 is 2.42 bits per heavy atom. The number of amides is 4. The van der Waals surface area contributed by atoms with Gasteiger partial charge in [-0.2, -0.15) is 0 Å². The van der Waals surface area contributed by atoms with Crippen LogP contribution in [0.1, 0.15) is 27.0 Å². The molecule has 1 aliphatic heterocycles. The van der Waals surface area contributed by atoms with Crippen LogP contribution in [0.15, 0.2) is 53.4 Å². The molecule has 2 aromatic rings. The summed E-state index contributed by atoms with van der Waals surface area (Å²) in [6.45, 7) is 3.77. The second-order valence-electron chi connectivity index (χ2n) is 7.09. The molecule has 160 valence electrons. The summed E-state index contributed by atoms with van der Waals surface area (Å²) in [4.78, 5) is 50.3. The predicted octanol–water partition coefficient (Wildman–Crippen LogP) is 2.89. The maximum absolute atomic E-state index is 12.5. The zero-order chi connectivity index (χ0) is 22.4. The summed E-state index contributed by atoms with van der Waals surface area (Å²) < 4.78 is 0. The minimum absolute atomic E-state index is 0.0629. The van der Waals surface area contributed by atoms with Gasteiger partial charge in [0, 0.05) is 18.7 Å². The third-order valence-electron chi connectivity index (χ3n) is 4.71. The summed E-state index contributed by atoms with van der Waals surface area (Å²) >= 11 is 0.882. The topological polar surface area (TPSA) is 95.6 Å². The molecule has 0 unspecified atom stereocenters. The van der Waals surface area contributed by atoms with Gasteiger partial charge < -0.3 is 10.6 Å². The predicted molar refractivity (Wildman–Crippen MR) is 120 cm³/mol. The van der Waals surface area contributed by atoms with Crippen molar-refractivity contribution in [3.05, 3.63) is 75.7 Å². The van der Waals surface area contributed by atoms with E-state index in [4.69, 9.17) is 0 Å². The molecule has 1 fully saturated rings. The number of hydrogen-bond acceptors (Lipinski definition) is 5. The van der Waals surface area contributed by atoms with Crippen molar-refractivity contribution in [3.63, 3.8) is 0 Å². The summed E-state index contributed by atoms with van der Waals surface area (Å²) in [5.41, 5.74) is 3.27. The van der Waals surface area contributed by atoms with Gasteiger partial charge in [-0.15, -0.1) is 0 Å². The van der Waals surface area contributed by atoms with E-state index >= 15 is 0 Å². The lowest BCUT2D eigenvalue weighted by molar-refractivity contribution is -0.124. The molecule has 0 bridgehead atoms. The Morgan fingerprint density at radius 1 is 1.00 bits per heavy atom. The highest BCUT2D eigenvalue weighted by molar-refractivity contribution is 8.18. The number of nitrogens with one attached hydrogen (secondary N) is 2. The molecular weight excluding hydrogens is 414 g/mol. The van der Waals surface area contributed by atoms with Crippen LogP contribution in [0.3, 0.4) is 0 Å². The smallest absolute Gasteiger partial charge is 0.293 e. The van der Waals surface area contributed by atoms with Crippen molar-refractivity contribution < 1.29 is 19.2 Å². The number of thioether (sulfide) groups is 1. The standard InChI is InChI=1S/C23H23N3O4S/c1-15-7-9-17(10-8-15)13-19-22(29)26(23(30)31-19)12-11-24-20(27)14-25-21(28)18-6-4-3-5-16(18)2/h3-10,13H,11-12,14H2,1-2H3,(H,24,27)(H,25,28). The molecule has 31 heavy (non-hydrogen) atoms. The van der Waals surface area contributed by atoms with E-state index < -0.39 is 5.91 Å².